The number of carbonyl (C=O) groups excluding carboxylic acids is 1. The first-order valence-electron chi connectivity index (χ1n) is 2.26. The van der Waals surface area contributed by atoms with Gasteiger partial charge in [-0.15, -0.1) is 0 Å². The Morgan fingerprint density at radius 3 is 2.88 bits per heavy atom. The van der Waals surface area contributed by atoms with Crippen molar-refractivity contribution in [1.82, 2.24) is 0 Å². The number of hydrogen-bond donors (Lipinski definition) is 0. The Hall–Kier alpha value is -0.990. The highest BCUT2D eigenvalue weighted by Gasteiger charge is 2.09. The fourth-order valence-electron chi connectivity index (χ4n) is 0.426. The van der Waals surface area contributed by atoms with Crippen molar-refractivity contribution < 1.29 is 14.3 Å². The third kappa shape index (κ3) is 0.804. The number of carbonyl (C=O) groups is 1. The van der Waals surface area contributed by atoms with Gasteiger partial charge in [0.1, 0.15) is 6.26 Å². The van der Waals surface area contributed by atoms with Crippen LogP contribution in [0.4, 0.5) is 0 Å². The molecule has 0 radical (unpaired) electrons. The van der Waals surface area contributed by atoms with Gasteiger partial charge >= 0.3 is 0 Å². The molecule has 1 aliphatic rings. The molecular weight excluding hydrogens is 108 g/mol. The van der Waals surface area contributed by atoms with E-state index in [1.807, 2.05) is 0 Å². The van der Waals surface area contributed by atoms with Gasteiger partial charge in [0.2, 0.25) is 12.6 Å². The largest absolute Gasteiger partial charge is 0.461 e. The van der Waals surface area contributed by atoms with Crippen LogP contribution in [0.2, 0.25) is 0 Å². The van der Waals surface area contributed by atoms with E-state index in [1.54, 1.807) is 0 Å². The van der Waals surface area contributed by atoms with Gasteiger partial charge in [0.15, 0.2) is 5.78 Å². The molecule has 0 aliphatic carbocycles. The molecule has 3 heteroatoms. The van der Waals surface area contributed by atoms with Crippen molar-refractivity contribution in [2.24, 2.45) is 0 Å². The van der Waals surface area contributed by atoms with Crippen LogP contribution >= 0.6 is 0 Å². The number of ether oxygens (including phenoxy) is 2. The van der Waals surface area contributed by atoms with E-state index in [4.69, 9.17) is 4.74 Å². The molecule has 0 amide bonds. The minimum atomic E-state index is -0.0949. The lowest BCUT2D eigenvalue weighted by Gasteiger charge is -1.91. The maximum atomic E-state index is 10.4. The minimum absolute atomic E-state index is 0.0949. The summed E-state index contributed by atoms with van der Waals surface area (Å²) in [5, 5.41) is 0. The fourth-order valence-corrected chi connectivity index (χ4v) is 0.426. The zero-order valence-corrected chi connectivity index (χ0v) is 4.51. The molecule has 3 nitrogen and oxygen atoms in total. The molecular formula is C5H6O3. The molecule has 1 rings (SSSR count). The Morgan fingerprint density at radius 1 is 1.88 bits per heavy atom. The molecule has 0 atom stereocenters. The Morgan fingerprint density at radius 2 is 2.62 bits per heavy atom. The molecule has 0 aromatic heterocycles. The molecule has 0 spiro atoms. The summed E-state index contributed by atoms with van der Waals surface area (Å²) in [5.41, 5.74) is 0. The predicted molar refractivity (Wildman–Crippen MR) is 25.8 cm³/mol. The highest BCUT2D eigenvalue weighted by molar-refractivity contribution is 5.91. The van der Waals surface area contributed by atoms with Crippen molar-refractivity contribution in [2.45, 2.75) is 6.92 Å². The average molecular weight is 114 g/mol. The molecule has 44 valence electrons. The summed E-state index contributed by atoms with van der Waals surface area (Å²) < 4.78 is 9.32. The molecule has 0 N–H and O–H groups in total. The van der Waals surface area contributed by atoms with Crippen LogP contribution in [0.25, 0.3) is 0 Å². The summed E-state index contributed by atoms with van der Waals surface area (Å²) in [7, 11) is 0. The Bertz CT molecular complexity index is 137. The molecule has 0 fully saturated rings. The van der Waals surface area contributed by atoms with Crippen molar-refractivity contribution in [3.05, 3.63) is 12.0 Å². The van der Waals surface area contributed by atoms with Gasteiger partial charge in [0, 0.05) is 6.92 Å². The maximum Gasteiger partial charge on any atom is 0.230 e. The monoisotopic (exact) mass is 114 g/mol. The van der Waals surface area contributed by atoms with Crippen LogP contribution < -0.4 is 0 Å². The first kappa shape index (κ1) is 5.15. The predicted octanol–water partition coefficient (Wildman–Crippen LogP) is 0.421. The standard InChI is InChI=1S/C5H6O3/c1-4(6)5-2-7-3-8-5/h2H,3H2,1H3. The molecule has 0 aromatic carbocycles. The third-order valence-electron chi connectivity index (χ3n) is 0.820. The van der Waals surface area contributed by atoms with Crippen LogP contribution in [0.15, 0.2) is 12.0 Å². The number of rotatable bonds is 1. The summed E-state index contributed by atoms with van der Waals surface area (Å²) in [6.07, 6.45) is 1.32. The molecule has 0 saturated carbocycles. The molecule has 0 aromatic rings. The average Bonchev–Trinajstić information content (AvgIpc) is 2.12. The van der Waals surface area contributed by atoms with Crippen molar-refractivity contribution in [1.29, 1.82) is 0 Å². The zero-order chi connectivity index (χ0) is 5.98. The van der Waals surface area contributed by atoms with Crippen molar-refractivity contribution >= 4 is 5.78 Å². The molecule has 8 heavy (non-hydrogen) atoms. The van der Waals surface area contributed by atoms with Crippen LogP contribution in [-0.4, -0.2) is 12.6 Å². The molecule has 1 aliphatic heterocycles. The first-order chi connectivity index (χ1) is 3.80. The van der Waals surface area contributed by atoms with E-state index < -0.39 is 0 Å². The zero-order valence-electron chi connectivity index (χ0n) is 4.51. The highest BCUT2D eigenvalue weighted by atomic mass is 16.7. The van der Waals surface area contributed by atoms with Gasteiger partial charge in [0.05, 0.1) is 0 Å². The fraction of sp³-hybridized carbons (Fsp3) is 0.400. The van der Waals surface area contributed by atoms with Crippen LogP contribution in [0, 0.1) is 0 Å². The van der Waals surface area contributed by atoms with Gasteiger partial charge in [-0.1, -0.05) is 0 Å². The second kappa shape index (κ2) is 1.86. The van der Waals surface area contributed by atoms with E-state index in [0.29, 0.717) is 5.76 Å². The molecule has 1 heterocycles. The Balaban J connectivity index is 2.57. The van der Waals surface area contributed by atoms with Gasteiger partial charge < -0.3 is 9.47 Å². The van der Waals surface area contributed by atoms with Crippen LogP contribution in [-0.2, 0) is 14.3 Å². The summed E-state index contributed by atoms with van der Waals surface area (Å²) in [6.45, 7) is 1.61. The van der Waals surface area contributed by atoms with E-state index in [0.717, 1.165) is 0 Å². The normalized spacial score (nSPS) is 16.4. The van der Waals surface area contributed by atoms with Crippen LogP contribution in [0.1, 0.15) is 6.92 Å². The van der Waals surface area contributed by atoms with Gasteiger partial charge in [0.25, 0.3) is 0 Å². The van der Waals surface area contributed by atoms with E-state index in [1.165, 1.54) is 13.2 Å². The van der Waals surface area contributed by atoms with Gasteiger partial charge in [-0.2, -0.15) is 0 Å². The summed E-state index contributed by atoms with van der Waals surface area (Å²) >= 11 is 0. The molecule has 0 unspecified atom stereocenters. The van der Waals surface area contributed by atoms with Crippen LogP contribution in [0.3, 0.4) is 0 Å². The quantitative estimate of drug-likeness (QED) is 0.495. The van der Waals surface area contributed by atoms with Crippen molar-refractivity contribution in [3.63, 3.8) is 0 Å². The topological polar surface area (TPSA) is 35.5 Å². The van der Waals surface area contributed by atoms with Crippen molar-refractivity contribution in [3.8, 4) is 0 Å². The minimum Gasteiger partial charge on any atom is -0.461 e. The van der Waals surface area contributed by atoms with E-state index in [9.17, 15) is 4.79 Å². The third-order valence-corrected chi connectivity index (χ3v) is 0.820. The number of allylic oxidation sites excluding steroid dienone is 1. The van der Waals surface area contributed by atoms with E-state index >= 15 is 0 Å². The van der Waals surface area contributed by atoms with Crippen LogP contribution in [0.5, 0.6) is 0 Å². The lowest BCUT2D eigenvalue weighted by atomic mass is 10.4. The second-order valence-corrected chi connectivity index (χ2v) is 1.47. The summed E-state index contributed by atoms with van der Waals surface area (Å²) in [5.74, 6) is 0.215. The summed E-state index contributed by atoms with van der Waals surface area (Å²) in [4.78, 5) is 10.4. The van der Waals surface area contributed by atoms with Gasteiger partial charge in [-0.3, -0.25) is 4.79 Å². The number of ketones is 1. The van der Waals surface area contributed by atoms with Gasteiger partial charge in [-0.05, 0) is 0 Å². The Kier molecular flexibility index (Phi) is 1.20. The molecule has 0 saturated heterocycles. The van der Waals surface area contributed by atoms with E-state index in [2.05, 4.69) is 4.74 Å². The second-order valence-electron chi connectivity index (χ2n) is 1.47. The lowest BCUT2D eigenvalue weighted by Crippen LogP contribution is -1.95. The number of Topliss-reactive ketones (excluding diaryl/α,β-unsaturated/α-hetero) is 1. The first-order valence-corrected chi connectivity index (χ1v) is 2.26. The SMILES string of the molecule is CC(=O)C1=COCO1. The van der Waals surface area contributed by atoms with Crippen molar-refractivity contribution in [2.75, 3.05) is 6.79 Å². The highest BCUT2D eigenvalue weighted by Crippen LogP contribution is 2.05. The van der Waals surface area contributed by atoms with E-state index in [-0.39, 0.29) is 12.6 Å². The summed E-state index contributed by atoms with van der Waals surface area (Å²) in [6, 6.07) is 0. The lowest BCUT2D eigenvalue weighted by molar-refractivity contribution is -0.116. The number of hydrogen-bond acceptors (Lipinski definition) is 3. The molecule has 0 bridgehead atoms. The smallest absolute Gasteiger partial charge is 0.230 e. The Labute approximate surface area is 46.9 Å². The maximum absolute atomic E-state index is 10.4. The van der Waals surface area contributed by atoms with Gasteiger partial charge in [-0.25, -0.2) is 0 Å².